The predicted molar refractivity (Wildman–Crippen MR) is 80.1 cm³/mol. The first-order valence-electron chi connectivity index (χ1n) is 6.88. The molecule has 0 saturated carbocycles. The van der Waals surface area contributed by atoms with Crippen LogP contribution >= 0.6 is 0 Å². The Kier molecular flexibility index (Phi) is 5.04. The molecule has 2 N–H and O–H groups in total. The van der Waals surface area contributed by atoms with Crippen molar-refractivity contribution in [1.29, 1.82) is 5.26 Å². The van der Waals surface area contributed by atoms with E-state index >= 15 is 0 Å². The van der Waals surface area contributed by atoms with E-state index in [0.717, 1.165) is 5.39 Å². The van der Waals surface area contributed by atoms with Crippen LogP contribution in [0.5, 0.6) is 0 Å². The number of nitrogens with zero attached hydrogens (tertiary/aromatic N) is 2. The average Bonchev–Trinajstić information content (AvgIpc) is 2.53. The summed E-state index contributed by atoms with van der Waals surface area (Å²) < 4.78 is 0. The number of pyridine rings is 1. The summed E-state index contributed by atoms with van der Waals surface area (Å²) in [6, 6.07) is 9.72. The second kappa shape index (κ2) is 7.18. The molecule has 0 aliphatic rings. The molecule has 112 valence electrons. The van der Waals surface area contributed by atoms with Crippen LogP contribution in [0.2, 0.25) is 0 Å². The van der Waals surface area contributed by atoms with Crippen molar-refractivity contribution in [3.63, 3.8) is 0 Å². The van der Waals surface area contributed by atoms with Gasteiger partial charge in [0.05, 0.1) is 17.1 Å². The molecule has 1 aromatic carbocycles. The highest BCUT2D eigenvalue weighted by Crippen LogP contribution is 2.16. The first-order valence-corrected chi connectivity index (χ1v) is 6.88. The van der Waals surface area contributed by atoms with Gasteiger partial charge in [0.2, 0.25) is 0 Å². The van der Waals surface area contributed by atoms with Crippen molar-refractivity contribution in [3.05, 3.63) is 42.1 Å². The van der Waals surface area contributed by atoms with E-state index in [1.165, 1.54) is 0 Å². The highest BCUT2D eigenvalue weighted by molar-refractivity contribution is 6.06. The molecule has 0 fully saturated rings. The monoisotopic (exact) mass is 297 g/mol. The SMILES string of the molecule is N#CCCC[C@H](NC(=O)c1cccc2cccnc12)C(=O)O. The zero-order chi connectivity index (χ0) is 15.9. The molecular formula is C16H15N3O3. The van der Waals surface area contributed by atoms with Crippen molar-refractivity contribution in [3.8, 4) is 6.07 Å². The number of carbonyl (C=O) groups excluding carboxylic acids is 1. The third kappa shape index (κ3) is 3.58. The molecule has 0 unspecified atom stereocenters. The molecule has 0 aliphatic carbocycles. The lowest BCUT2D eigenvalue weighted by Crippen LogP contribution is -2.40. The van der Waals surface area contributed by atoms with E-state index in [0.29, 0.717) is 17.5 Å². The molecule has 0 aliphatic heterocycles. The van der Waals surface area contributed by atoms with Gasteiger partial charge in [-0.3, -0.25) is 9.78 Å². The Hall–Kier alpha value is -2.94. The second-order valence-corrected chi connectivity index (χ2v) is 4.80. The molecule has 22 heavy (non-hydrogen) atoms. The molecule has 6 heteroatoms. The molecule has 2 aromatic rings. The topological polar surface area (TPSA) is 103 Å². The van der Waals surface area contributed by atoms with Crippen molar-refractivity contribution in [2.45, 2.75) is 25.3 Å². The van der Waals surface area contributed by atoms with Crippen LogP contribution in [0, 0.1) is 11.3 Å². The smallest absolute Gasteiger partial charge is 0.326 e. The number of fused-ring (bicyclic) bond motifs is 1. The molecule has 6 nitrogen and oxygen atoms in total. The van der Waals surface area contributed by atoms with E-state index in [1.807, 2.05) is 18.2 Å². The van der Waals surface area contributed by atoms with Gasteiger partial charge in [0, 0.05) is 18.0 Å². The Morgan fingerprint density at radius 3 is 2.82 bits per heavy atom. The number of benzene rings is 1. The van der Waals surface area contributed by atoms with Gasteiger partial charge in [-0.15, -0.1) is 0 Å². The normalized spacial score (nSPS) is 11.6. The maximum Gasteiger partial charge on any atom is 0.326 e. The highest BCUT2D eigenvalue weighted by Gasteiger charge is 2.21. The summed E-state index contributed by atoms with van der Waals surface area (Å²) >= 11 is 0. The lowest BCUT2D eigenvalue weighted by molar-refractivity contribution is -0.139. The first-order chi connectivity index (χ1) is 10.6. The average molecular weight is 297 g/mol. The Bertz CT molecular complexity index is 731. The van der Waals surface area contributed by atoms with Crippen LogP contribution in [0.15, 0.2) is 36.5 Å². The van der Waals surface area contributed by atoms with Gasteiger partial charge in [0.25, 0.3) is 5.91 Å². The summed E-state index contributed by atoms with van der Waals surface area (Å²) in [5.41, 5.74) is 0.869. The summed E-state index contributed by atoms with van der Waals surface area (Å²) in [5.74, 6) is -1.59. The number of aliphatic carboxylic acids is 1. The number of rotatable bonds is 6. The number of aromatic nitrogens is 1. The van der Waals surface area contributed by atoms with E-state index in [2.05, 4.69) is 10.3 Å². The minimum atomic E-state index is -1.11. The molecule has 0 bridgehead atoms. The van der Waals surface area contributed by atoms with E-state index < -0.39 is 17.9 Å². The minimum Gasteiger partial charge on any atom is -0.480 e. The summed E-state index contributed by atoms with van der Waals surface area (Å²) in [6.07, 6.45) is 2.48. The fraction of sp³-hybridized carbons (Fsp3) is 0.250. The van der Waals surface area contributed by atoms with Gasteiger partial charge in [-0.1, -0.05) is 18.2 Å². The molecule has 0 radical (unpaired) electrons. The second-order valence-electron chi connectivity index (χ2n) is 4.80. The van der Waals surface area contributed by atoms with E-state index in [9.17, 15) is 9.59 Å². The predicted octanol–water partition coefficient (Wildman–Crippen LogP) is 2.11. The molecule has 1 atom stereocenters. The lowest BCUT2D eigenvalue weighted by atomic mass is 10.1. The quantitative estimate of drug-likeness (QED) is 0.795. The number of para-hydroxylation sites is 1. The van der Waals surface area contributed by atoms with Crippen LogP contribution in [-0.4, -0.2) is 28.0 Å². The maximum atomic E-state index is 12.3. The number of hydrogen-bond donors (Lipinski definition) is 2. The van der Waals surface area contributed by atoms with Gasteiger partial charge < -0.3 is 10.4 Å². The van der Waals surface area contributed by atoms with Crippen molar-refractivity contribution in [2.75, 3.05) is 0 Å². The number of amides is 1. The van der Waals surface area contributed by atoms with Crippen LogP contribution in [0.1, 0.15) is 29.6 Å². The van der Waals surface area contributed by atoms with Crippen molar-refractivity contribution >= 4 is 22.8 Å². The number of nitrogens with one attached hydrogen (secondary N) is 1. The number of unbranched alkanes of at least 4 members (excludes halogenated alkanes) is 1. The number of nitriles is 1. The summed E-state index contributed by atoms with van der Waals surface area (Å²) in [6.45, 7) is 0. The van der Waals surface area contributed by atoms with Gasteiger partial charge in [-0.25, -0.2) is 4.79 Å². The Morgan fingerprint density at radius 1 is 1.32 bits per heavy atom. The first kappa shape index (κ1) is 15.4. The molecule has 2 rings (SSSR count). The van der Waals surface area contributed by atoms with Gasteiger partial charge in [-0.05, 0) is 25.0 Å². The molecule has 0 saturated heterocycles. The lowest BCUT2D eigenvalue weighted by Gasteiger charge is -2.14. The Balaban J connectivity index is 2.19. The van der Waals surface area contributed by atoms with Crippen molar-refractivity contribution < 1.29 is 14.7 Å². The van der Waals surface area contributed by atoms with Gasteiger partial charge in [-0.2, -0.15) is 5.26 Å². The third-order valence-electron chi connectivity index (χ3n) is 3.26. The third-order valence-corrected chi connectivity index (χ3v) is 3.26. The number of hydrogen-bond acceptors (Lipinski definition) is 4. The fourth-order valence-corrected chi connectivity index (χ4v) is 2.17. The molecule has 1 heterocycles. The van der Waals surface area contributed by atoms with Gasteiger partial charge in [0.1, 0.15) is 6.04 Å². The zero-order valence-corrected chi connectivity index (χ0v) is 11.8. The van der Waals surface area contributed by atoms with Gasteiger partial charge in [0.15, 0.2) is 0 Å². The number of carbonyl (C=O) groups is 2. The number of carboxylic acids is 1. The zero-order valence-electron chi connectivity index (χ0n) is 11.8. The summed E-state index contributed by atoms with van der Waals surface area (Å²) in [4.78, 5) is 27.7. The Labute approximate surface area is 127 Å². The van der Waals surface area contributed by atoms with Crippen molar-refractivity contribution in [1.82, 2.24) is 10.3 Å². The van der Waals surface area contributed by atoms with E-state index in [-0.39, 0.29) is 12.8 Å². The maximum absolute atomic E-state index is 12.3. The van der Waals surface area contributed by atoms with Gasteiger partial charge >= 0.3 is 5.97 Å². The minimum absolute atomic E-state index is 0.215. The van der Waals surface area contributed by atoms with E-state index in [1.54, 1.807) is 24.4 Å². The van der Waals surface area contributed by atoms with Crippen LogP contribution in [0.4, 0.5) is 0 Å². The Morgan fingerprint density at radius 2 is 2.09 bits per heavy atom. The van der Waals surface area contributed by atoms with Crippen LogP contribution < -0.4 is 5.32 Å². The van der Waals surface area contributed by atoms with E-state index in [4.69, 9.17) is 10.4 Å². The molecular weight excluding hydrogens is 282 g/mol. The largest absolute Gasteiger partial charge is 0.480 e. The molecule has 0 spiro atoms. The number of carboxylic acid groups (broad SMARTS) is 1. The van der Waals surface area contributed by atoms with Crippen molar-refractivity contribution in [2.24, 2.45) is 0 Å². The fourth-order valence-electron chi connectivity index (χ4n) is 2.17. The van der Waals surface area contributed by atoms with Crippen LogP contribution in [0.25, 0.3) is 10.9 Å². The molecule has 1 aromatic heterocycles. The summed E-state index contributed by atoms with van der Waals surface area (Å²) in [7, 11) is 0. The summed E-state index contributed by atoms with van der Waals surface area (Å²) in [5, 5.41) is 21.0. The van der Waals surface area contributed by atoms with Crippen LogP contribution in [-0.2, 0) is 4.79 Å². The molecule has 1 amide bonds. The van der Waals surface area contributed by atoms with Crippen LogP contribution in [0.3, 0.4) is 0 Å². The standard InChI is InChI=1S/C16H15N3O3/c17-9-2-1-8-13(16(21)22)19-15(20)12-7-3-5-11-6-4-10-18-14(11)12/h3-7,10,13H,1-2,8H2,(H,19,20)(H,21,22)/t13-/m0/s1. The highest BCUT2D eigenvalue weighted by atomic mass is 16.4.